The Morgan fingerprint density at radius 3 is 2.50 bits per heavy atom. The number of nitrogens with one attached hydrogen (secondary N) is 1. The molecule has 1 N–H and O–H groups in total. The highest BCUT2D eigenvalue weighted by Crippen LogP contribution is 2.32. The van der Waals surface area contributed by atoms with Crippen LogP contribution in [-0.2, 0) is 20.9 Å². The topological polar surface area (TPSA) is 79.0 Å². The summed E-state index contributed by atoms with van der Waals surface area (Å²) in [5, 5.41) is 3.02. The van der Waals surface area contributed by atoms with E-state index >= 15 is 0 Å². The molecule has 1 unspecified atom stereocenters. The van der Waals surface area contributed by atoms with Crippen LogP contribution in [0.4, 0.5) is 10.5 Å². The first kappa shape index (κ1) is 22.1. The third-order valence-electron chi connectivity index (χ3n) is 5.42. The first-order valence-electron chi connectivity index (χ1n) is 10.8. The molecule has 2 aliphatic rings. The van der Waals surface area contributed by atoms with Gasteiger partial charge in [0.1, 0.15) is 5.60 Å². The van der Waals surface area contributed by atoms with Gasteiger partial charge in [0, 0.05) is 31.7 Å². The second-order valence-electron chi connectivity index (χ2n) is 9.38. The van der Waals surface area contributed by atoms with E-state index in [0.29, 0.717) is 18.8 Å². The van der Waals surface area contributed by atoms with Crippen LogP contribution in [0.1, 0.15) is 52.0 Å². The monoisotopic (exact) mass is 415 g/mol. The molecule has 1 aromatic carbocycles. The zero-order valence-corrected chi connectivity index (χ0v) is 18.4. The Morgan fingerprint density at radius 2 is 1.83 bits per heavy atom. The van der Waals surface area contributed by atoms with Crippen LogP contribution in [0.5, 0.6) is 0 Å². The number of carbonyl (C=O) groups is 3. The van der Waals surface area contributed by atoms with Crippen LogP contribution in [0.3, 0.4) is 0 Å². The van der Waals surface area contributed by atoms with E-state index in [-0.39, 0.29) is 23.7 Å². The van der Waals surface area contributed by atoms with Crippen molar-refractivity contribution in [3.63, 3.8) is 0 Å². The lowest BCUT2D eigenvalue weighted by molar-refractivity contribution is -0.135. The molecule has 2 fully saturated rings. The summed E-state index contributed by atoms with van der Waals surface area (Å²) in [5.41, 5.74) is 0.952. The SMILES string of the molecule is CN(Cc1ccccc1NC(=O)C1CCCN(C(=O)C2CC2)C1)C(=O)OC(C)(C)C. The van der Waals surface area contributed by atoms with E-state index in [2.05, 4.69) is 5.32 Å². The van der Waals surface area contributed by atoms with Gasteiger partial charge in [0.2, 0.25) is 11.8 Å². The quantitative estimate of drug-likeness (QED) is 0.796. The second-order valence-corrected chi connectivity index (χ2v) is 9.38. The first-order valence-corrected chi connectivity index (χ1v) is 10.8. The largest absolute Gasteiger partial charge is 0.444 e. The van der Waals surface area contributed by atoms with E-state index in [4.69, 9.17) is 4.74 Å². The Morgan fingerprint density at radius 1 is 1.13 bits per heavy atom. The predicted molar refractivity (Wildman–Crippen MR) is 115 cm³/mol. The summed E-state index contributed by atoms with van der Waals surface area (Å²) < 4.78 is 5.41. The average molecular weight is 416 g/mol. The van der Waals surface area contributed by atoms with Crippen molar-refractivity contribution < 1.29 is 19.1 Å². The molecule has 0 bridgehead atoms. The van der Waals surface area contributed by atoms with Crippen molar-refractivity contribution in [3.05, 3.63) is 29.8 Å². The molecule has 3 amide bonds. The van der Waals surface area contributed by atoms with Gasteiger partial charge in [-0.05, 0) is 58.1 Å². The molecule has 0 spiro atoms. The average Bonchev–Trinajstić information content (AvgIpc) is 3.53. The number of carbonyl (C=O) groups excluding carboxylic acids is 3. The second kappa shape index (κ2) is 9.06. The van der Waals surface area contributed by atoms with Crippen molar-refractivity contribution in [3.8, 4) is 0 Å². The zero-order valence-electron chi connectivity index (χ0n) is 18.4. The summed E-state index contributed by atoms with van der Waals surface area (Å²) in [6, 6.07) is 7.47. The van der Waals surface area contributed by atoms with E-state index in [1.54, 1.807) is 7.05 Å². The van der Waals surface area contributed by atoms with E-state index < -0.39 is 11.7 Å². The molecule has 1 saturated heterocycles. The lowest BCUT2D eigenvalue weighted by Gasteiger charge is -2.32. The number of amides is 3. The van der Waals surface area contributed by atoms with Crippen molar-refractivity contribution in [1.29, 1.82) is 0 Å². The summed E-state index contributed by atoms with van der Waals surface area (Å²) in [6.45, 7) is 7.04. The lowest BCUT2D eigenvalue weighted by atomic mass is 9.96. The number of hydrogen-bond acceptors (Lipinski definition) is 4. The van der Waals surface area contributed by atoms with Gasteiger partial charge in [-0.3, -0.25) is 9.59 Å². The Bertz CT molecular complexity index is 798. The molecule has 0 aromatic heterocycles. The number of benzene rings is 1. The highest BCUT2D eigenvalue weighted by atomic mass is 16.6. The smallest absolute Gasteiger partial charge is 0.410 e. The molecule has 7 heteroatoms. The van der Waals surface area contributed by atoms with E-state index in [9.17, 15) is 14.4 Å². The van der Waals surface area contributed by atoms with Gasteiger partial charge in [-0.2, -0.15) is 0 Å². The maximum atomic E-state index is 12.9. The van der Waals surface area contributed by atoms with E-state index in [1.807, 2.05) is 49.9 Å². The number of nitrogens with zero attached hydrogens (tertiary/aromatic N) is 2. The van der Waals surface area contributed by atoms with Crippen molar-refractivity contribution in [1.82, 2.24) is 9.80 Å². The molecule has 1 aromatic rings. The van der Waals surface area contributed by atoms with Gasteiger partial charge in [0.25, 0.3) is 0 Å². The van der Waals surface area contributed by atoms with Crippen LogP contribution in [0.25, 0.3) is 0 Å². The predicted octanol–water partition coefficient (Wildman–Crippen LogP) is 3.64. The molecule has 1 aliphatic carbocycles. The molecule has 1 heterocycles. The van der Waals surface area contributed by atoms with Crippen molar-refractivity contribution in [2.45, 2.75) is 58.6 Å². The highest BCUT2D eigenvalue weighted by Gasteiger charge is 2.36. The van der Waals surface area contributed by atoms with Crippen LogP contribution in [0, 0.1) is 11.8 Å². The molecule has 1 aliphatic heterocycles. The summed E-state index contributed by atoms with van der Waals surface area (Å²) in [7, 11) is 1.68. The minimum Gasteiger partial charge on any atom is -0.444 e. The van der Waals surface area contributed by atoms with E-state index in [1.165, 1.54) is 4.90 Å². The van der Waals surface area contributed by atoms with Gasteiger partial charge in [-0.1, -0.05) is 18.2 Å². The molecule has 164 valence electrons. The van der Waals surface area contributed by atoms with Gasteiger partial charge in [0.05, 0.1) is 12.5 Å². The molecule has 0 radical (unpaired) electrons. The fourth-order valence-electron chi connectivity index (χ4n) is 3.65. The highest BCUT2D eigenvalue weighted by molar-refractivity contribution is 5.94. The summed E-state index contributed by atoms with van der Waals surface area (Å²) in [6.07, 6.45) is 3.17. The van der Waals surface area contributed by atoms with Crippen LogP contribution in [-0.4, -0.2) is 53.4 Å². The van der Waals surface area contributed by atoms with Gasteiger partial charge < -0.3 is 19.9 Å². The number of hydrogen-bond donors (Lipinski definition) is 1. The molecular formula is C23H33N3O4. The normalized spacial score (nSPS) is 19.2. The van der Waals surface area contributed by atoms with Crippen molar-refractivity contribution >= 4 is 23.6 Å². The molecule has 1 atom stereocenters. The van der Waals surface area contributed by atoms with E-state index in [0.717, 1.165) is 37.8 Å². The Labute approximate surface area is 178 Å². The van der Waals surface area contributed by atoms with Crippen molar-refractivity contribution in [2.75, 3.05) is 25.5 Å². The fourth-order valence-corrected chi connectivity index (χ4v) is 3.65. The molecule has 3 rings (SSSR count). The van der Waals surface area contributed by atoms with Crippen LogP contribution >= 0.6 is 0 Å². The minimum absolute atomic E-state index is 0.0735. The minimum atomic E-state index is -0.566. The Hall–Kier alpha value is -2.57. The Kier molecular flexibility index (Phi) is 6.68. The van der Waals surface area contributed by atoms with Gasteiger partial charge >= 0.3 is 6.09 Å². The molecule has 30 heavy (non-hydrogen) atoms. The number of likely N-dealkylation sites (tertiary alicyclic amines) is 1. The third kappa shape index (κ3) is 5.97. The number of ether oxygens (including phenoxy) is 1. The summed E-state index contributed by atoms with van der Waals surface area (Å²) in [4.78, 5) is 40.9. The van der Waals surface area contributed by atoms with Gasteiger partial charge in [-0.15, -0.1) is 0 Å². The molecular weight excluding hydrogens is 382 g/mol. The van der Waals surface area contributed by atoms with Crippen LogP contribution in [0.2, 0.25) is 0 Å². The van der Waals surface area contributed by atoms with Gasteiger partial charge in [-0.25, -0.2) is 4.79 Å². The Balaban J connectivity index is 1.61. The maximum Gasteiger partial charge on any atom is 0.410 e. The standard InChI is InChI=1S/C23H33N3O4/c1-23(2,3)30-22(29)25(4)14-17-8-5-6-10-19(17)24-20(27)18-9-7-13-26(15-18)21(28)16-11-12-16/h5-6,8,10,16,18H,7,9,11-15H2,1-4H3,(H,24,27). The number of rotatable bonds is 5. The number of piperidine rings is 1. The zero-order chi connectivity index (χ0) is 21.9. The first-order chi connectivity index (χ1) is 14.1. The lowest BCUT2D eigenvalue weighted by Crippen LogP contribution is -2.44. The number of anilines is 1. The number of para-hydroxylation sites is 1. The summed E-state index contributed by atoms with van der Waals surface area (Å²) >= 11 is 0. The maximum absolute atomic E-state index is 12.9. The third-order valence-corrected chi connectivity index (χ3v) is 5.42. The fraction of sp³-hybridized carbons (Fsp3) is 0.609. The van der Waals surface area contributed by atoms with Gasteiger partial charge in [0.15, 0.2) is 0 Å². The molecule has 7 nitrogen and oxygen atoms in total. The summed E-state index contributed by atoms with van der Waals surface area (Å²) in [5.74, 6) is 0.0940. The molecule has 1 saturated carbocycles. The van der Waals surface area contributed by atoms with Crippen molar-refractivity contribution in [2.24, 2.45) is 11.8 Å². The van der Waals surface area contributed by atoms with Crippen LogP contribution < -0.4 is 5.32 Å². The van der Waals surface area contributed by atoms with Crippen LogP contribution in [0.15, 0.2) is 24.3 Å².